The predicted molar refractivity (Wildman–Crippen MR) is 94.9 cm³/mol. The predicted octanol–water partition coefficient (Wildman–Crippen LogP) is 5.86. The molecule has 4 unspecified atom stereocenters. The number of rotatable bonds is 4. The van der Waals surface area contributed by atoms with Crippen molar-refractivity contribution >= 4 is 0 Å². The minimum atomic E-state index is 0.434. The standard InChI is InChI=1S/C21H38O2/c1-6-20(3)12-11-18-17(19(20)14-23-22-5)10-9-16-8-7-15(2)13-21(16,18)4/h15-19H,6-14H2,1-5H3/t15-,16?,17?,18?,19?,20+,21+/m1/s1. The largest absolute Gasteiger partial charge is 0.240 e. The number of fused-ring (bicyclic) bond motifs is 3. The molecular weight excluding hydrogens is 284 g/mol. The summed E-state index contributed by atoms with van der Waals surface area (Å²) in [5.41, 5.74) is 1.02. The summed E-state index contributed by atoms with van der Waals surface area (Å²) in [6, 6.07) is 0. The summed E-state index contributed by atoms with van der Waals surface area (Å²) in [5.74, 6) is 4.32. The molecule has 0 aromatic carbocycles. The van der Waals surface area contributed by atoms with Crippen molar-refractivity contribution in [1.29, 1.82) is 0 Å². The first-order valence-electron chi connectivity index (χ1n) is 10.1. The van der Waals surface area contributed by atoms with Crippen LogP contribution in [0.3, 0.4) is 0 Å². The zero-order valence-electron chi connectivity index (χ0n) is 16.1. The Bertz CT molecular complexity index is 409. The van der Waals surface area contributed by atoms with Gasteiger partial charge in [-0.2, -0.15) is 0 Å². The Morgan fingerprint density at radius 3 is 2.48 bits per heavy atom. The molecular formula is C21H38O2. The maximum Gasteiger partial charge on any atom is 0.0858 e. The topological polar surface area (TPSA) is 18.5 Å². The highest BCUT2D eigenvalue weighted by Gasteiger charge is 2.56. The molecule has 23 heavy (non-hydrogen) atoms. The summed E-state index contributed by atoms with van der Waals surface area (Å²) in [6.07, 6.45) is 11.4. The van der Waals surface area contributed by atoms with Crippen LogP contribution in [-0.2, 0) is 9.78 Å². The van der Waals surface area contributed by atoms with Gasteiger partial charge in [-0.1, -0.05) is 40.5 Å². The van der Waals surface area contributed by atoms with Gasteiger partial charge in [0, 0.05) is 0 Å². The van der Waals surface area contributed by atoms with Crippen LogP contribution >= 0.6 is 0 Å². The maximum absolute atomic E-state index is 5.51. The summed E-state index contributed by atoms with van der Waals surface area (Å²) >= 11 is 0. The Morgan fingerprint density at radius 1 is 1.04 bits per heavy atom. The molecule has 3 saturated carbocycles. The van der Waals surface area contributed by atoms with Crippen LogP contribution in [0.5, 0.6) is 0 Å². The molecule has 3 aliphatic carbocycles. The molecule has 0 saturated heterocycles. The summed E-state index contributed by atoms with van der Waals surface area (Å²) in [7, 11) is 1.66. The van der Waals surface area contributed by atoms with Crippen molar-refractivity contribution in [2.45, 2.75) is 79.1 Å². The fraction of sp³-hybridized carbons (Fsp3) is 1.00. The second kappa shape index (κ2) is 6.67. The van der Waals surface area contributed by atoms with Crippen LogP contribution < -0.4 is 0 Å². The lowest BCUT2D eigenvalue weighted by Crippen LogP contribution is -2.54. The molecule has 0 amide bonds. The molecule has 7 atom stereocenters. The van der Waals surface area contributed by atoms with Gasteiger partial charge in [0.2, 0.25) is 0 Å². The molecule has 0 aromatic heterocycles. The third-order valence-electron chi connectivity index (χ3n) is 8.55. The minimum Gasteiger partial charge on any atom is -0.240 e. The van der Waals surface area contributed by atoms with E-state index in [-0.39, 0.29) is 0 Å². The molecule has 0 aromatic rings. The van der Waals surface area contributed by atoms with E-state index in [4.69, 9.17) is 9.78 Å². The third-order valence-corrected chi connectivity index (χ3v) is 8.55. The summed E-state index contributed by atoms with van der Waals surface area (Å²) in [6.45, 7) is 10.8. The average molecular weight is 323 g/mol. The molecule has 0 bridgehead atoms. The zero-order chi connectivity index (χ0) is 16.7. The van der Waals surface area contributed by atoms with Gasteiger partial charge in [0.05, 0.1) is 13.7 Å². The molecule has 0 spiro atoms. The highest BCUT2D eigenvalue weighted by atomic mass is 17.2. The van der Waals surface area contributed by atoms with Crippen molar-refractivity contribution in [3.05, 3.63) is 0 Å². The van der Waals surface area contributed by atoms with E-state index in [0.717, 1.165) is 30.3 Å². The van der Waals surface area contributed by atoms with Crippen LogP contribution in [0.4, 0.5) is 0 Å². The van der Waals surface area contributed by atoms with Crippen molar-refractivity contribution in [2.24, 2.45) is 40.4 Å². The van der Waals surface area contributed by atoms with Crippen molar-refractivity contribution in [3.63, 3.8) is 0 Å². The van der Waals surface area contributed by atoms with Crippen molar-refractivity contribution < 1.29 is 9.78 Å². The molecule has 3 fully saturated rings. The minimum absolute atomic E-state index is 0.434. The quantitative estimate of drug-likeness (QED) is 0.477. The van der Waals surface area contributed by atoms with Gasteiger partial charge >= 0.3 is 0 Å². The van der Waals surface area contributed by atoms with Gasteiger partial charge in [0.1, 0.15) is 0 Å². The van der Waals surface area contributed by atoms with Gasteiger partial charge in [0.15, 0.2) is 0 Å². The van der Waals surface area contributed by atoms with Crippen LogP contribution in [0.2, 0.25) is 0 Å². The van der Waals surface area contributed by atoms with Gasteiger partial charge in [-0.25, -0.2) is 9.78 Å². The van der Waals surface area contributed by atoms with Gasteiger partial charge in [-0.15, -0.1) is 0 Å². The first-order valence-corrected chi connectivity index (χ1v) is 10.1. The Kier molecular flexibility index (Phi) is 5.14. The summed E-state index contributed by atoms with van der Waals surface area (Å²) in [5, 5.41) is 0. The van der Waals surface area contributed by atoms with Gasteiger partial charge in [-0.3, -0.25) is 0 Å². The van der Waals surface area contributed by atoms with E-state index in [1.54, 1.807) is 7.11 Å². The first-order chi connectivity index (χ1) is 10.9. The fourth-order valence-corrected chi connectivity index (χ4v) is 6.97. The Balaban J connectivity index is 1.86. The van der Waals surface area contributed by atoms with Crippen LogP contribution in [0, 0.1) is 40.4 Å². The third kappa shape index (κ3) is 2.99. The zero-order valence-corrected chi connectivity index (χ0v) is 16.1. The van der Waals surface area contributed by atoms with E-state index in [1.165, 1.54) is 51.4 Å². The summed E-state index contributed by atoms with van der Waals surface area (Å²) in [4.78, 5) is 10.5. The van der Waals surface area contributed by atoms with Gasteiger partial charge in [0.25, 0.3) is 0 Å². The van der Waals surface area contributed by atoms with Crippen molar-refractivity contribution in [3.8, 4) is 0 Å². The van der Waals surface area contributed by atoms with E-state index < -0.39 is 0 Å². The molecule has 134 valence electrons. The molecule has 3 rings (SSSR count). The highest BCUT2D eigenvalue weighted by Crippen LogP contribution is 2.64. The molecule has 0 N–H and O–H groups in total. The van der Waals surface area contributed by atoms with E-state index in [0.29, 0.717) is 16.7 Å². The Labute approximate surface area is 143 Å². The highest BCUT2D eigenvalue weighted by molar-refractivity contribution is 5.05. The van der Waals surface area contributed by atoms with Crippen LogP contribution in [0.25, 0.3) is 0 Å². The Hall–Kier alpha value is -0.0800. The SMILES string of the molecule is CC[C@@]1(C)CCC2C(CCC3CC[C@@H](C)C[C@@]32C)C1COOC. The molecule has 0 aliphatic heterocycles. The van der Waals surface area contributed by atoms with Gasteiger partial charge < -0.3 is 0 Å². The normalized spacial score (nSPS) is 50.2. The van der Waals surface area contributed by atoms with Crippen LogP contribution in [0.1, 0.15) is 79.1 Å². The second-order valence-corrected chi connectivity index (χ2v) is 9.54. The smallest absolute Gasteiger partial charge is 0.0858 e. The lowest BCUT2D eigenvalue weighted by atomic mass is 9.44. The average Bonchev–Trinajstić information content (AvgIpc) is 2.53. The van der Waals surface area contributed by atoms with Crippen molar-refractivity contribution in [2.75, 3.05) is 13.7 Å². The van der Waals surface area contributed by atoms with Crippen molar-refractivity contribution in [1.82, 2.24) is 0 Å². The second-order valence-electron chi connectivity index (χ2n) is 9.54. The summed E-state index contributed by atoms with van der Waals surface area (Å²) < 4.78 is 0. The monoisotopic (exact) mass is 322 g/mol. The van der Waals surface area contributed by atoms with E-state index in [2.05, 4.69) is 27.7 Å². The lowest BCUT2D eigenvalue weighted by molar-refractivity contribution is -0.295. The molecule has 2 heteroatoms. The molecule has 0 radical (unpaired) electrons. The maximum atomic E-state index is 5.51. The molecule has 3 aliphatic rings. The van der Waals surface area contributed by atoms with E-state index in [9.17, 15) is 0 Å². The number of hydrogen-bond acceptors (Lipinski definition) is 2. The van der Waals surface area contributed by atoms with Crippen LogP contribution in [-0.4, -0.2) is 13.7 Å². The van der Waals surface area contributed by atoms with Crippen LogP contribution in [0.15, 0.2) is 0 Å². The van der Waals surface area contributed by atoms with E-state index >= 15 is 0 Å². The molecule has 0 heterocycles. The molecule has 2 nitrogen and oxygen atoms in total. The first kappa shape index (κ1) is 17.7. The Morgan fingerprint density at radius 2 is 1.78 bits per heavy atom. The van der Waals surface area contributed by atoms with E-state index in [1.807, 2.05) is 0 Å². The fourth-order valence-electron chi connectivity index (χ4n) is 6.97. The van der Waals surface area contributed by atoms with Gasteiger partial charge in [-0.05, 0) is 78.9 Å². The lowest BCUT2D eigenvalue weighted by Gasteiger charge is -2.61. The number of hydrogen-bond donors (Lipinski definition) is 0.